The van der Waals surface area contributed by atoms with E-state index in [1.165, 1.54) is 10.5 Å². The first-order valence-electron chi connectivity index (χ1n) is 8.02. The number of hydrogen-bond acceptors (Lipinski definition) is 2. The van der Waals surface area contributed by atoms with Crippen molar-refractivity contribution in [1.29, 1.82) is 0 Å². The predicted molar refractivity (Wildman–Crippen MR) is 94.2 cm³/mol. The zero-order valence-corrected chi connectivity index (χ0v) is 14.1. The molecule has 1 nitrogen and oxygen atoms in total. The van der Waals surface area contributed by atoms with Crippen molar-refractivity contribution < 1.29 is 5.11 Å². The molecular weight excluding hydrogens is 288 g/mol. The second-order valence-electron chi connectivity index (χ2n) is 6.79. The number of aliphatic hydroxyl groups is 1. The normalized spacial score (nSPS) is 24.2. The van der Waals surface area contributed by atoms with E-state index in [4.69, 9.17) is 0 Å². The van der Waals surface area contributed by atoms with Crippen LogP contribution in [0.2, 0.25) is 0 Å². The SMILES string of the molecule is CC(C)(O)C1(Sc2ccccc2)CC1CCc1ccccc1. The average Bonchev–Trinajstić information content (AvgIpc) is 3.22. The summed E-state index contributed by atoms with van der Waals surface area (Å²) in [5.41, 5.74) is 0.734. The summed E-state index contributed by atoms with van der Waals surface area (Å²) in [5, 5.41) is 10.7. The highest BCUT2D eigenvalue weighted by atomic mass is 32.2. The summed E-state index contributed by atoms with van der Waals surface area (Å²) in [7, 11) is 0. The molecule has 3 rings (SSSR count). The Balaban J connectivity index is 1.68. The highest BCUT2D eigenvalue weighted by Gasteiger charge is 2.62. The number of benzene rings is 2. The van der Waals surface area contributed by atoms with Gasteiger partial charge in [0.2, 0.25) is 0 Å². The van der Waals surface area contributed by atoms with Gasteiger partial charge in [-0.25, -0.2) is 0 Å². The van der Waals surface area contributed by atoms with Gasteiger partial charge in [0.05, 0.1) is 10.3 Å². The van der Waals surface area contributed by atoms with Gasteiger partial charge < -0.3 is 5.11 Å². The summed E-state index contributed by atoms with van der Waals surface area (Å²) in [6.07, 6.45) is 3.34. The highest BCUT2D eigenvalue weighted by Crippen LogP contribution is 2.64. The molecule has 1 aliphatic rings. The summed E-state index contributed by atoms with van der Waals surface area (Å²) >= 11 is 1.86. The molecule has 2 atom stereocenters. The molecule has 1 N–H and O–H groups in total. The summed E-state index contributed by atoms with van der Waals surface area (Å²) < 4.78 is -0.0386. The van der Waals surface area contributed by atoms with Gasteiger partial charge in [-0.3, -0.25) is 0 Å². The van der Waals surface area contributed by atoms with E-state index in [1.807, 2.05) is 31.7 Å². The van der Waals surface area contributed by atoms with Crippen LogP contribution >= 0.6 is 11.8 Å². The van der Waals surface area contributed by atoms with Crippen LogP contribution in [0, 0.1) is 5.92 Å². The van der Waals surface area contributed by atoms with Gasteiger partial charge in [-0.1, -0.05) is 48.5 Å². The molecule has 116 valence electrons. The highest BCUT2D eigenvalue weighted by molar-refractivity contribution is 8.01. The smallest absolute Gasteiger partial charge is 0.0744 e. The molecule has 2 aromatic rings. The first kappa shape index (κ1) is 15.6. The van der Waals surface area contributed by atoms with Crippen molar-refractivity contribution in [3.8, 4) is 0 Å². The van der Waals surface area contributed by atoms with Crippen LogP contribution in [0.3, 0.4) is 0 Å². The fourth-order valence-electron chi connectivity index (χ4n) is 3.33. The number of rotatable bonds is 6. The second-order valence-corrected chi connectivity index (χ2v) is 8.19. The molecule has 0 radical (unpaired) electrons. The van der Waals surface area contributed by atoms with Crippen LogP contribution < -0.4 is 0 Å². The van der Waals surface area contributed by atoms with Crippen molar-refractivity contribution in [2.75, 3.05) is 0 Å². The number of aryl methyl sites for hydroxylation is 1. The monoisotopic (exact) mass is 312 g/mol. The lowest BCUT2D eigenvalue weighted by Gasteiger charge is -2.30. The van der Waals surface area contributed by atoms with Crippen molar-refractivity contribution in [3.05, 3.63) is 66.2 Å². The molecule has 2 heteroatoms. The van der Waals surface area contributed by atoms with E-state index in [9.17, 15) is 5.11 Å². The molecule has 1 fully saturated rings. The minimum absolute atomic E-state index is 0.0386. The third kappa shape index (κ3) is 3.23. The Kier molecular flexibility index (Phi) is 4.33. The van der Waals surface area contributed by atoms with Gasteiger partial charge in [0.1, 0.15) is 0 Å². The zero-order chi connectivity index (χ0) is 15.6. The van der Waals surface area contributed by atoms with Crippen molar-refractivity contribution in [2.24, 2.45) is 5.92 Å². The van der Waals surface area contributed by atoms with Crippen LogP contribution in [0.5, 0.6) is 0 Å². The fourth-order valence-corrected chi connectivity index (χ4v) is 4.86. The van der Waals surface area contributed by atoms with E-state index >= 15 is 0 Å². The Morgan fingerprint density at radius 2 is 1.64 bits per heavy atom. The predicted octanol–water partition coefficient (Wildman–Crippen LogP) is 4.94. The summed E-state index contributed by atoms with van der Waals surface area (Å²) in [4.78, 5) is 1.26. The summed E-state index contributed by atoms with van der Waals surface area (Å²) in [5.74, 6) is 0.581. The van der Waals surface area contributed by atoms with Crippen molar-refractivity contribution in [3.63, 3.8) is 0 Å². The molecule has 2 unspecified atom stereocenters. The lowest BCUT2D eigenvalue weighted by molar-refractivity contribution is 0.0645. The van der Waals surface area contributed by atoms with Crippen LogP contribution in [0.15, 0.2) is 65.6 Å². The van der Waals surface area contributed by atoms with Crippen LogP contribution in [0.1, 0.15) is 32.3 Å². The maximum absolute atomic E-state index is 10.7. The minimum atomic E-state index is -0.658. The number of hydrogen-bond donors (Lipinski definition) is 1. The molecule has 0 aliphatic heterocycles. The first-order valence-corrected chi connectivity index (χ1v) is 8.83. The second kappa shape index (κ2) is 6.10. The molecule has 0 amide bonds. The van der Waals surface area contributed by atoms with E-state index in [2.05, 4.69) is 54.6 Å². The third-order valence-corrected chi connectivity index (χ3v) is 6.62. The van der Waals surface area contributed by atoms with Crippen molar-refractivity contribution in [2.45, 2.75) is 48.4 Å². The van der Waals surface area contributed by atoms with E-state index in [0.717, 1.165) is 19.3 Å². The van der Waals surface area contributed by atoms with E-state index < -0.39 is 5.60 Å². The molecule has 2 aromatic carbocycles. The lowest BCUT2D eigenvalue weighted by Crippen LogP contribution is -2.37. The van der Waals surface area contributed by atoms with Crippen LogP contribution in [-0.2, 0) is 6.42 Å². The van der Waals surface area contributed by atoms with Crippen LogP contribution in [-0.4, -0.2) is 15.5 Å². The Morgan fingerprint density at radius 3 is 2.23 bits per heavy atom. The van der Waals surface area contributed by atoms with Crippen LogP contribution in [0.25, 0.3) is 0 Å². The summed E-state index contributed by atoms with van der Waals surface area (Å²) in [6.45, 7) is 3.93. The Labute approximate surface area is 137 Å². The van der Waals surface area contributed by atoms with Gasteiger partial charge in [0, 0.05) is 4.90 Å². The molecule has 0 aromatic heterocycles. The van der Waals surface area contributed by atoms with Gasteiger partial charge >= 0.3 is 0 Å². The third-order valence-electron chi connectivity index (χ3n) is 4.75. The molecule has 0 saturated heterocycles. The minimum Gasteiger partial charge on any atom is -0.389 e. The van der Waals surface area contributed by atoms with Gasteiger partial charge in [-0.2, -0.15) is 0 Å². The fraction of sp³-hybridized carbons (Fsp3) is 0.400. The van der Waals surface area contributed by atoms with Crippen molar-refractivity contribution in [1.82, 2.24) is 0 Å². The van der Waals surface area contributed by atoms with Gasteiger partial charge in [0.25, 0.3) is 0 Å². The Hall–Kier alpha value is -1.25. The molecular formula is C20H24OS. The molecule has 0 bridgehead atoms. The van der Waals surface area contributed by atoms with E-state index in [0.29, 0.717) is 5.92 Å². The van der Waals surface area contributed by atoms with Gasteiger partial charge in [-0.05, 0) is 56.7 Å². The summed E-state index contributed by atoms with van der Waals surface area (Å²) in [6, 6.07) is 21.1. The number of thioether (sulfide) groups is 1. The topological polar surface area (TPSA) is 20.2 Å². The molecule has 1 aliphatic carbocycles. The Bertz CT molecular complexity index is 603. The van der Waals surface area contributed by atoms with Crippen molar-refractivity contribution >= 4 is 11.8 Å². The quantitative estimate of drug-likeness (QED) is 0.815. The largest absolute Gasteiger partial charge is 0.389 e. The maximum atomic E-state index is 10.7. The average molecular weight is 312 g/mol. The maximum Gasteiger partial charge on any atom is 0.0744 e. The first-order chi connectivity index (χ1) is 10.5. The molecule has 1 saturated carbocycles. The van der Waals surface area contributed by atoms with Gasteiger partial charge in [0.15, 0.2) is 0 Å². The standard InChI is InChI=1S/C20H24OS/c1-19(2,21)20(22-18-11-7-4-8-12-18)15-17(20)14-13-16-9-5-3-6-10-16/h3-12,17,21H,13-15H2,1-2H3. The Morgan fingerprint density at radius 1 is 1.05 bits per heavy atom. The van der Waals surface area contributed by atoms with Crippen LogP contribution in [0.4, 0.5) is 0 Å². The molecule has 0 spiro atoms. The lowest BCUT2D eigenvalue weighted by atomic mass is 9.98. The molecule has 22 heavy (non-hydrogen) atoms. The van der Waals surface area contributed by atoms with E-state index in [1.54, 1.807) is 0 Å². The van der Waals surface area contributed by atoms with Gasteiger partial charge in [-0.15, -0.1) is 11.8 Å². The molecule has 0 heterocycles. The zero-order valence-electron chi connectivity index (χ0n) is 13.3. The van der Waals surface area contributed by atoms with E-state index in [-0.39, 0.29) is 4.75 Å².